The minimum absolute atomic E-state index is 0.329. The van der Waals surface area contributed by atoms with Gasteiger partial charge in [0, 0.05) is 11.6 Å². The van der Waals surface area contributed by atoms with Gasteiger partial charge < -0.3 is 10.5 Å². The van der Waals surface area contributed by atoms with Crippen molar-refractivity contribution in [2.75, 3.05) is 7.11 Å². The van der Waals surface area contributed by atoms with E-state index in [4.69, 9.17) is 10.5 Å². The standard InChI is InChI=1S/C16H16N4O/c1-10-19-15(13-4-3-9-18-16(13)20-10)14(17)11-5-7-12(21-2)8-6-11/h3-9,14H,17H2,1-2H3. The van der Waals surface area contributed by atoms with Gasteiger partial charge in [0.05, 0.1) is 18.8 Å². The van der Waals surface area contributed by atoms with Crippen molar-refractivity contribution >= 4 is 11.0 Å². The molecule has 1 aromatic carbocycles. The van der Waals surface area contributed by atoms with E-state index in [9.17, 15) is 0 Å². The zero-order valence-corrected chi connectivity index (χ0v) is 11.9. The van der Waals surface area contributed by atoms with Crippen molar-refractivity contribution in [3.63, 3.8) is 0 Å². The molecule has 0 aliphatic heterocycles. The van der Waals surface area contributed by atoms with Crippen LogP contribution in [-0.2, 0) is 0 Å². The highest BCUT2D eigenvalue weighted by Gasteiger charge is 2.15. The molecular formula is C16H16N4O. The van der Waals surface area contributed by atoms with E-state index in [1.165, 1.54) is 0 Å². The van der Waals surface area contributed by atoms with Crippen molar-refractivity contribution in [2.45, 2.75) is 13.0 Å². The molecule has 2 aromatic heterocycles. The van der Waals surface area contributed by atoms with Crippen LogP contribution < -0.4 is 10.5 Å². The van der Waals surface area contributed by atoms with Gasteiger partial charge in [0.2, 0.25) is 0 Å². The first-order valence-corrected chi connectivity index (χ1v) is 6.68. The number of pyridine rings is 1. The van der Waals surface area contributed by atoms with Gasteiger partial charge in [-0.25, -0.2) is 15.0 Å². The molecule has 0 saturated heterocycles. The van der Waals surface area contributed by atoms with Gasteiger partial charge in [0.1, 0.15) is 11.6 Å². The molecule has 0 aliphatic carbocycles. The summed E-state index contributed by atoms with van der Waals surface area (Å²) in [6.45, 7) is 1.85. The smallest absolute Gasteiger partial charge is 0.163 e. The maximum Gasteiger partial charge on any atom is 0.163 e. The van der Waals surface area contributed by atoms with Crippen LogP contribution in [0.1, 0.15) is 23.1 Å². The Kier molecular flexibility index (Phi) is 3.50. The van der Waals surface area contributed by atoms with Crippen LogP contribution in [-0.4, -0.2) is 22.1 Å². The topological polar surface area (TPSA) is 73.9 Å². The van der Waals surface area contributed by atoms with Crippen molar-refractivity contribution in [3.8, 4) is 5.75 Å². The summed E-state index contributed by atoms with van der Waals surface area (Å²) < 4.78 is 5.17. The summed E-state index contributed by atoms with van der Waals surface area (Å²) in [5, 5.41) is 0.881. The van der Waals surface area contributed by atoms with Gasteiger partial charge in [-0.1, -0.05) is 12.1 Å². The van der Waals surface area contributed by atoms with Crippen molar-refractivity contribution in [1.29, 1.82) is 0 Å². The van der Waals surface area contributed by atoms with Gasteiger partial charge in [-0.15, -0.1) is 0 Å². The van der Waals surface area contributed by atoms with E-state index in [0.29, 0.717) is 11.5 Å². The maximum absolute atomic E-state index is 6.38. The van der Waals surface area contributed by atoms with Crippen LogP contribution in [0.3, 0.4) is 0 Å². The second-order valence-corrected chi connectivity index (χ2v) is 4.78. The molecule has 0 spiro atoms. The minimum atomic E-state index is -0.329. The van der Waals surface area contributed by atoms with E-state index in [0.717, 1.165) is 22.4 Å². The van der Waals surface area contributed by atoms with Gasteiger partial charge in [0.15, 0.2) is 5.65 Å². The Labute approximate surface area is 122 Å². The summed E-state index contributed by atoms with van der Waals surface area (Å²) in [7, 11) is 1.64. The number of nitrogens with zero attached hydrogens (tertiary/aromatic N) is 3. The van der Waals surface area contributed by atoms with Gasteiger partial charge in [0.25, 0.3) is 0 Å². The highest BCUT2D eigenvalue weighted by atomic mass is 16.5. The van der Waals surface area contributed by atoms with Gasteiger partial charge in [-0.05, 0) is 36.8 Å². The predicted molar refractivity (Wildman–Crippen MR) is 81.1 cm³/mol. The number of fused-ring (bicyclic) bond motifs is 1. The van der Waals surface area contributed by atoms with Crippen LogP contribution in [0, 0.1) is 6.92 Å². The predicted octanol–water partition coefficient (Wildman–Crippen LogP) is 2.39. The first-order chi connectivity index (χ1) is 10.2. The molecule has 0 fully saturated rings. The van der Waals surface area contributed by atoms with Crippen LogP contribution in [0.5, 0.6) is 5.75 Å². The Morgan fingerprint density at radius 2 is 1.86 bits per heavy atom. The first kappa shape index (κ1) is 13.5. The summed E-state index contributed by atoms with van der Waals surface area (Å²) in [6.07, 6.45) is 1.72. The van der Waals surface area contributed by atoms with Gasteiger partial charge >= 0.3 is 0 Å². The highest BCUT2D eigenvalue weighted by molar-refractivity contribution is 5.78. The van der Waals surface area contributed by atoms with E-state index in [1.54, 1.807) is 13.3 Å². The number of ether oxygens (including phenoxy) is 1. The third kappa shape index (κ3) is 2.55. The SMILES string of the molecule is COc1ccc(C(N)c2nc(C)nc3ncccc23)cc1. The lowest BCUT2D eigenvalue weighted by atomic mass is 10.0. The van der Waals surface area contributed by atoms with E-state index in [2.05, 4.69) is 15.0 Å². The fourth-order valence-electron chi connectivity index (χ4n) is 2.30. The molecule has 21 heavy (non-hydrogen) atoms. The van der Waals surface area contributed by atoms with Crippen LogP contribution >= 0.6 is 0 Å². The lowest BCUT2D eigenvalue weighted by Gasteiger charge is -2.14. The average molecular weight is 280 g/mol. The normalized spacial score (nSPS) is 12.3. The minimum Gasteiger partial charge on any atom is -0.497 e. The Bertz CT molecular complexity index is 771. The van der Waals surface area contributed by atoms with Crippen LogP contribution in [0.4, 0.5) is 0 Å². The second kappa shape index (κ2) is 5.46. The molecule has 1 atom stereocenters. The molecule has 0 saturated carbocycles. The molecule has 2 N–H and O–H groups in total. The van der Waals surface area contributed by atoms with Crippen molar-refractivity contribution in [3.05, 3.63) is 59.7 Å². The van der Waals surface area contributed by atoms with E-state index in [-0.39, 0.29) is 6.04 Å². The van der Waals surface area contributed by atoms with E-state index < -0.39 is 0 Å². The summed E-state index contributed by atoms with van der Waals surface area (Å²) in [4.78, 5) is 13.1. The molecule has 3 rings (SSSR count). The molecule has 5 heteroatoms. The van der Waals surface area contributed by atoms with E-state index in [1.807, 2.05) is 43.3 Å². The molecule has 0 aliphatic rings. The fraction of sp³-hybridized carbons (Fsp3) is 0.188. The molecule has 3 aromatic rings. The lowest BCUT2D eigenvalue weighted by molar-refractivity contribution is 0.414. The number of aromatic nitrogens is 3. The summed E-state index contributed by atoms with van der Waals surface area (Å²) in [5.41, 5.74) is 8.81. The first-order valence-electron chi connectivity index (χ1n) is 6.68. The van der Waals surface area contributed by atoms with Crippen molar-refractivity contribution < 1.29 is 4.74 Å². The summed E-state index contributed by atoms with van der Waals surface area (Å²) in [6, 6.07) is 11.2. The number of benzene rings is 1. The molecule has 0 bridgehead atoms. The molecule has 5 nitrogen and oxygen atoms in total. The third-order valence-electron chi connectivity index (χ3n) is 3.38. The number of methoxy groups -OCH3 is 1. The maximum atomic E-state index is 6.38. The van der Waals surface area contributed by atoms with Crippen LogP contribution in [0.2, 0.25) is 0 Å². The Balaban J connectivity index is 2.09. The Morgan fingerprint density at radius 3 is 2.57 bits per heavy atom. The Hall–Kier alpha value is -2.53. The number of hydrogen-bond acceptors (Lipinski definition) is 5. The molecular weight excluding hydrogens is 264 g/mol. The highest BCUT2D eigenvalue weighted by Crippen LogP contribution is 2.25. The molecule has 1 unspecified atom stereocenters. The third-order valence-corrected chi connectivity index (χ3v) is 3.38. The molecule has 2 heterocycles. The average Bonchev–Trinajstić information content (AvgIpc) is 2.53. The quantitative estimate of drug-likeness (QED) is 0.797. The lowest BCUT2D eigenvalue weighted by Crippen LogP contribution is -2.15. The fourth-order valence-corrected chi connectivity index (χ4v) is 2.30. The zero-order valence-electron chi connectivity index (χ0n) is 11.9. The van der Waals surface area contributed by atoms with Crippen molar-refractivity contribution in [2.24, 2.45) is 5.73 Å². The van der Waals surface area contributed by atoms with Crippen molar-refractivity contribution in [1.82, 2.24) is 15.0 Å². The number of rotatable bonds is 3. The molecule has 106 valence electrons. The molecule has 0 amide bonds. The van der Waals surface area contributed by atoms with Gasteiger partial charge in [-0.3, -0.25) is 0 Å². The number of aryl methyl sites for hydroxylation is 1. The number of hydrogen-bond donors (Lipinski definition) is 1. The van der Waals surface area contributed by atoms with E-state index >= 15 is 0 Å². The summed E-state index contributed by atoms with van der Waals surface area (Å²) in [5.74, 6) is 1.47. The van der Waals surface area contributed by atoms with Gasteiger partial charge in [-0.2, -0.15) is 0 Å². The molecule has 0 radical (unpaired) electrons. The Morgan fingerprint density at radius 1 is 1.10 bits per heavy atom. The second-order valence-electron chi connectivity index (χ2n) is 4.78. The monoisotopic (exact) mass is 280 g/mol. The van der Waals surface area contributed by atoms with Crippen LogP contribution in [0.15, 0.2) is 42.6 Å². The van der Waals surface area contributed by atoms with Crippen LogP contribution in [0.25, 0.3) is 11.0 Å². The number of nitrogens with two attached hydrogens (primary N) is 1. The largest absolute Gasteiger partial charge is 0.497 e. The zero-order chi connectivity index (χ0) is 14.8. The summed E-state index contributed by atoms with van der Waals surface area (Å²) >= 11 is 0.